The molecule has 3 rings (SSSR count). The Morgan fingerprint density at radius 1 is 0.466 bits per heavy atom. The highest BCUT2D eigenvalue weighted by molar-refractivity contribution is 6.05. The molecular formula is C72H103N17O27. The number of aromatic nitrogens is 1. The van der Waals surface area contributed by atoms with Gasteiger partial charge in [-0.3, -0.25) is 86.3 Å². The van der Waals surface area contributed by atoms with Gasteiger partial charge in [-0.2, -0.15) is 0 Å². The van der Waals surface area contributed by atoms with Gasteiger partial charge in [0.25, 0.3) is 0 Å². The number of aliphatic hydroxyl groups excluding tert-OH is 1. The van der Waals surface area contributed by atoms with Crippen LogP contribution in [0, 0.1) is 5.92 Å². The van der Waals surface area contributed by atoms with Crippen LogP contribution in [0.1, 0.15) is 146 Å². The number of nitrogens with one attached hydrogen (secondary N) is 13. The number of aliphatic carboxylic acids is 5. The van der Waals surface area contributed by atoms with E-state index in [1.165, 1.54) is 31.2 Å². The van der Waals surface area contributed by atoms with E-state index in [1.807, 2.05) is 16.0 Å². The summed E-state index contributed by atoms with van der Waals surface area (Å²) in [5.74, 6) is -29.4. The lowest BCUT2D eigenvalue weighted by Gasteiger charge is -2.30. The molecule has 0 saturated carbocycles. The molecule has 0 spiro atoms. The number of Topliss-reactive ketones (excluding diaryl/α,β-unsaturated/α-hetero) is 1. The number of carbonyl (C=O) groups excluding carboxylic acids is 15. The third kappa shape index (κ3) is 34.7. The predicted molar refractivity (Wildman–Crippen MR) is 404 cm³/mol. The molecule has 638 valence electrons. The highest BCUT2D eigenvalue weighted by atomic mass is 16.5. The van der Waals surface area contributed by atoms with Crippen LogP contribution in [0.2, 0.25) is 0 Å². The molecular weight excluding hydrogens is 1530 g/mol. The number of aliphatic hydroxyl groups is 1. The predicted octanol–water partition coefficient (Wildman–Crippen LogP) is -5.71. The molecule has 27 N–H and O–H groups in total. The first-order valence-electron chi connectivity index (χ1n) is 36.8. The van der Waals surface area contributed by atoms with E-state index in [0.717, 1.165) is 46.0 Å². The van der Waals surface area contributed by atoms with Crippen LogP contribution in [0.15, 0.2) is 54.7 Å². The van der Waals surface area contributed by atoms with Gasteiger partial charge in [-0.1, -0.05) is 82.7 Å². The quantitative estimate of drug-likeness (QED) is 0.0108. The van der Waals surface area contributed by atoms with Crippen molar-refractivity contribution in [2.24, 2.45) is 23.1 Å². The van der Waals surface area contributed by atoms with Gasteiger partial charge < -0.3 is 127 Å². The molecule has 0 radical (unpaired) electrons. The number of amides is 13. The molecule has 44 nitrogen and oxygen atoms in total. The lowest BCUT2D eigenvalue weighted by Crippen LogP contribution is -2.62. The SMILES string of the molecule is CCCCCCCCCC(=O)N[C@@H](Cc1c[nH]c2ccccc12)C(=O)N[C@@H](CC(N)=O)C(=O)N[C@@H](CC(=O)O)C(=O)NC(C(=O)NCC(=O)N[C@H](CCCN)C(=O)N[C@@H](CC(=O)O)C(=O)O)C(C)OC(=O)[C@H](CC(=O)c1ccccc1N)NC(=O)[C@@H](NC(=O)[C@H](CO)NC(=O)CNC(=O)[C@H](CC(=O)O)NC(=O)[C@@H](C)N)[C@@H](C)CC(=O)O. The number of fused-ring (bicyclic) bond motifs is 1. The first-order valence-corrected chi connectivity index (χ1v) is 36.8. The van der Waals surface area contributed by atoms with Crippen LogP contribution in [0.4, 0.5) is 5.69 Å². The maximum Gasteiger partial charge on any atom is 0.329 e. The zero-order valence-corrected chi connectivity index (χ0v) is 64.1. The van der Waals surface area contributed by atoms with Crippen molar-refractivity contribution in [3.8, 4) is 0 Å². The number of hydrogen-bond acceptors (Lipinski definition) is 25. The molecule has 0 aliphatic carbocycles. The minimum atomic E-state index is -2.46. The van der Waals surface area contributed by atoms with Crippen molar-refractivity contribution in [2.75, 3.05) is 32.0 Å². The van der Waals surface area contributed by atoms with Crippen molar-refractivity contribution in [3.05, 3.63) is 65.9 Å². The van der Waals surface area contributed by atoms with Gasteiger partial charge in [0.15, 0.2) is 5.78 Å². The summed E-state index contributed by atoms with van der Waals surface area (Å²) in [5, 5.41) is 85.0. The number of primary amides is 1. The monoisotopic (exact) mass is 1640 g/mol. The number of rotatable bonds is 55. The Labute approximate surface area is 663 Å². The second-order valence-electron chi connectivity index (χ2n) is 27.1. The molecule has 2 unspecified atom stereocenters. The fourth-order valence-corrected chi connectivity index (χ4v) is 11.4. The summed E-state index contributed by atoms with van der Waals surface area (Å²) < 4.78 is 5.66. The zero-order valence-electron chi connectivity index (χ0n) is 64.1. The number of benzene rings is 2. The smallest absolute Gasteiger partial charge is 0.329 e. The summed E-state index contributed by atoms with van der Waals surface area (Å²) in [4.78, 5) is 270. The summed E-state index contributed by atoms with van der Waals surface area (Å²) >= 11 is 0. The number of ketones is 1. The number of esters is 1. The number of unbranched alkanes of at least 4 members (excludes halogenated alkanes) is 6. The lowest BCUT2D eigenvalue weighted by molar-refractivity contribution is -0.156. The molecule has 2 aromatic carbocycles. The number of hydrogen-bond donors (Lipinski definition) is 23. The fourth-order valence-electron chi connectivity index (χ4n) is 11.4. The van der Waals surface area contributed by atoms with Crippen LogP contribution in [-0.4, -0.2) is 253 Å². The van der Waals surface area contributed by atoms with Crippen molar-refractivity contribution < 1.29 is 131 Å². The van der Waals surface area contributed by atoms with Gasteiger partial charge in [-0.05, 0) is 69.3 Å². The minimum absolute atomic E-state index is 0.0236. The standard InChI is InChI=1S/C72H103N17O27/c1-5-6-7-8-9-10-11-22-53(93)81-44(25-38-31-77-42-20-15-13-17-39(38)42)65(107)84-45(27-52(76)92)66(108)85-47(29-58(100)101)67(109)89-61(69(111)79-33-54(94)80-43(21-16-23-73)64(106)86-48(71(113)114)30-59(102)103)37(4)116-72(115)49(26-51(91)40-18-12-14-19-41(40)75)87-70(112)60(35(2)24-56(96)97)88-68(110)50(34-90)82-55(95)32-78-63(105)46(28-57(98)99)83-62(104)36(3)74/h12-15,17-20,31,35-37,43-50,60-61,77,90H,5-11,16,21-30,32-34,73-75H2,1-4H3,(H2,76,92)(H,78,105)(H,79,111)(H,80,94)(H,81,93)(H,82,95)(H,83,104)(H,84,107)(H,85,108)(H,86,106)(H,87,112)(H,88,110)(H,89,109)(H,96,97)(H,98,99)(H,100,101)(H,102,103)(H,113,114)/t35-,36+,37?,43+,44-,45-,46-,47-,48-,49-,50-,60-,61?/m0/s1. The summed E-state index contributed by atoms with van der Waals surface area (Å²) in [6.07, 6.45) is -2.03. The van der Waals surface area contributed by atoms with E-state index in [9.17, 15) is 127 Å². The minimum Gasteiger partial charge on any atom is -0.481 e. The fraction of sp³-hybridized carbons (Fsp3) is 0.528. The van der Waals surface area contributed by atoms with E-state index in [4.69, 9.17) is 27.7 Å². The maximum absolute atomic E-state index is 14.8. The van der Waals surface area contributed by atoms with Crippen molar-refractivity contribution >= 4 is 135 Å². The number of anilines is 1. The summed E-state index contributed by atoms with van der Waals surface area (Å²) in [5.41, 5.74) is 23.4. The summed E-state index contributed by atoms with van der Waals surface area (Å²) in [6, 6.07) is -9.63. The molecule has 1 aromatic heterocycles. The lowest BCUT2D eigenvalue weighted by atomic mass is 9.96. The Kier molecular flexibility index (Phi) is 41.7. The van der Waals surface area contributed by atoms with E-state index in [1.54, 1.807) is 30.5 Å². The van der Waals surface area contributed by atoms with Gasteiger partial charge in [0, 0.05) is 47.6 Å². The van der Waals surface area contributed by atoms with Gasteiger partial charge >= 0.3 is 35.8 Å². The van der Waals surface area contributed by atoms with Gasteiger partial charge in [-0.15, -0.1) is 0 Å². The normalized spacial score (nSPS) is 14.3. The van der Waals surface area contributed by atoms with Gasteiger partial charge in [0.1, 0.15) is 66.5 Å². The van der Waals surface area contributed by atoms with Gasteiger partial charge in [0.2, 0.25) is 76.8 Å². The number of nitrogens with two attached hydrogens (primary N) is 4. The molecule has 3 aromatic rings. The first kappa shape index (κ1) is 97.5. The largest absolute Gasteiger partial charge is 0.481 e. The number of para-hydroxylation sites is 2. The average molecular weight is 1640 g/mol. The highest BCUT2D eigenvalue weighted by Crippen LogP contribution is 2.21. The van der Waals surface area contributed by atoms with Crippen LogP contribution in [-0.2, 0) is 102 Å². The third-order valence-corrected chi connectivity index (χ3v) is 17.5. The Hall–Kier alpha value is -12.7. The van der Waals surface area contributed by atoms with Gasteiger partial charge in [-0.25, -0.2) is 9.59 Å². The van der Waals surface area contributed by atoms with E-state index in [-0.39, 0.29) is 43.5 Å². The molecule has 0 aliphatic rings. The highest BCUT2D eigenvalue weighted by Gasteiger charge is 2.41. The van der Waals surface area contributed by atoms with Crippen molar-refractivity contribution in [1.29, 1.82) is 0 Å². The molecule has 13 atom stereocenters. The van der Waals surface area contributed by atoms with E-state index >= 15 is 0 Å². The third-order valence-electron chi connectivity index (χ3n) is 17.5. The second-order valence-corrected chi connectivity index (χ2v) is 27.1. The van der Waals surface area contributed by atoms with Crippen LogP contribution < -0.4 is 86.7 Å². The molecule has 0 saturated heterocycles. The number of H-pyrrole nitrogens is 1. The average Bonchev–Trinajstić information content (AvgIpc) is 1.67. The van der Waals surface area contributed by atoms with E-state index in [2.05, 4.69) is 59.8 Å². The molecule has 1 heterocycles. The Morgan fingerprint density at radius 3 is 1.51 bits per heavy atom. The molecule has 0 fully saturated rings. The van der Waals surface area contributed by atoms with Crippen LogP contribution in [0.25, 0.3) is 10.9 Å². The molecule has 116 heavy (non-hydrogen) atoms. The Bertz CT molecular complexity index is 4020. The molecule has 44 heteroatoms. The van der Waals surface area contributed by atoms with Crippen molar-refractivity contribution in [1.82, 2.24) is 68.8 Å². The van der Waals surface area contributed by atoms with Crippen LogP contribution in [0.3, 0.4) is 0 Å². The maximum atomic E-state index is 14.8. The zero-order chi connectivity index (χ0) is 87.1. The number of ether oxygens (including phenoxy) is 1. The molecule has 13 amide bonds. The Balaban J connectivity index is 2.17. The number of aromatic amines is 1. The van der Waals surface area contributed by atoms with E-state index in [0.29, 0.717) is 29.3 Å². The van der Waals surface area contributed by atoms with Crippen molar-refractivity contribution in [2.45, 2.75) is 209 Å². The topological polar surface area (TPSA) is 736 Å². The number of nitrogen functional groups attached to an aromatic ring is 1. The van der Waals surface area contributed by atoms with Crippen molar-refractivity contribution in [3.63, 3.8) is 0 Å². The number of carboxylic acid groups (broad SMARTS) is 5. The molecule has 0 bridgehead atoms. The summed E-state index contributed by atoms with van der Waals surface area (Å²) in [6.45, 7) is 1.52. The Morgan fingerprint density at radius 2 is 0.940 bits per heavy atom. The van der Waals surface area contributed by atoms with Crippen LogP contribution in [0.5, 0.6) is 0 Å². The first-order chi connectivity index (χ1) is 54.7. The number of carbonyl (C=O) groups is 20. The summed E-state index contributed by atoms with van der Waals surface area (Å²) in [7, 11) is 0. The molecule has 0 aliphatic heterocycles. The van der Waals surface area contributed by atoms with Gasteiger partial charge in [0.05, 0.1) is 57.8 Å². The number of carboxylic acids is 5. The van der Waals surface area contributed by atoms with Crippen LogP contribution >= 0.6 is 0 Å². The van der Waals surface area contributed by atoms with E-state index < -0.39 is 255 Å². The second kappa shape index (κ2) is 49.7.